The van der Waals surface area contributed by atoms with Gasteiger partial charge in [-0.15, -0.1) is 0 Å². The number of unbranched alkanes of at least 4 members (excludes halogenated alkanes) is 5. The van der Waals surface area contributed by atoms with Crippen molar-refractivity contribution in [1.82, 2.24) is 14.7 Å². The van der Waals surface area contributed by atoms with E-state index in [1.165, 1.54) is 6.07 Å². The van der Waals surface area contributed by atoms with Gasteiger partial charge in [-0.25, -0.2) is 0 Å². The third kappa shape index (κ3) is 6.95. The van der Waals surface area contributed by atoms with Gasteiger partial charge in [0, 0.05) is 38.6 Å². The molecule has 1 aromatic rings. The first-order valence-electron chi connectivity index (χ1n) is 14.0. The van der Waals surface area contributed by atoms with Crippen molar-refractivity contribution >= 4 is 34.8 Å². The number of nitriles is 1. The molecule has 3 rings (SSSR count). The van der Waals surface area contributed by atoms with Gasteiger partial charge in [-0.2, -0.15) is 18.4 Å². The summed E-state index contributed by atoms with van der Waals surface area (Å²) < 4.78 is 40.5. The minimum atomic E-state index is -4.72. The number of hydrogen-bond donors (Lipinski definition) is 0. The number of hydrogen-bond acceptors (Lipinski definition) is 5. The Kier molecular flexibility index (Phi) is 10.2. The average Bonchev–Trinajstić information content (AvgIpc) is 3.04. The van der Waals surface area contributed by atoms with Gasteiger partial charge in [0.2, 0.25) is 5.91 Å². The van der Waals surface area contributed by atoms with Crippen LogP contribution in [0.4, 0.5) is 18.9 Å². The Morgan fingerprint density at radius 1 is 1.05 bits per heavy atom. The number of alkyl halides is 3. The molecule has 1 aromatic carbocycles. The average molecular weight is 580 g/mol. The lowest BCUT2D eigenvalue weighted by molar-refractivity contribution is -0.138. The Hall–Kier alpha value is -2.71. The van der Waals surface area contributed by atoms with Gasteiger partial charge >= 0.3 is 6.18 Å². The molecule has 0 bridgehead atoms. The fourth-order valence-corrected chi connectivity index (χ4v) is 6.28. The molecule has 0 aromatic heterocycles. The van der Waals surface area contributed by atoms with Crippen LogP contribution in [-0.4, -0.2) is 75.4 Å². The van der Waals surface area contributed by atoms with E-state index in [0.717, 1.165) is 75.2 Å². The number of rotatable bonds is 10. The molecule has 0 unspecified atom stereocenters. The standard InChI is InChI=1S/C29H40F3N5O2S/c1-20-18-34(22(3)38)19-21(2)35(20)14-10-8-6-7-9-11-15-36-27(40)37(26(39)28(36,4)5)24-13-12-23(17-33)25(16-24)29(30,31)32/h12-13,16,20-21H,6-11,14-15,18-19H2,1-5H3/t20-,21+. The summed E-state index contributed by atoms with van der Waals surface area (Å²) in [5.74, 6) is -0.249. The second-order valence-electron chi connectivity index (χ2n) is 11.5. The van der Waals surface area contributed by atoms with Gasteiger partial charge in [-0.05, 0) is 77.5 Å². The molecule has 0 N–H and O–H groups in total. The predicted molar refractivity (Wildman–Crippen MR) is 153 cm³/mol. The maximum absolute atomic E-state index is 13.5. The summed E-state index contributed by atoms with van der Waals surface area (Å²) in [6.07, 6.45) is 1.42. The van der Waals surface area contributed by atoms with Gasteiger partial charge in [0.05, 0.1) is 22.9 Å². The summed E-state index contributed by atoms with van der Waals surface area (Å²) in [6.45, 7) is 12.6. The van der Waals surface area contributed by atoms with Crippen LogP contribution in [0.3, 0.4) is 0 Å². The third-order valence-corrected chi connectivity index (χ3v) is 8.51. The Balaban J connectivity index is 1.47. The van der Waals surface area contributed by atoms with E-state index in [1.54, 1.807) is 31.7 Å². The molecule has 11 heteroatoms. The SMILES string of the molecule is CC(=O)N1C[C@@H](C)N(CCCCCCCCN2C(=S)N(c3ccc(C#N)c(C(F)(F)F)c3)C(=O)C2(C)C)[C@@H](C)C1. The molecule has 2 aliphatic rings. The van der Waals surface area contributed by atoms with E-state index in [-0.39, 0.29) is 22.6 Å². The first-order chi connectivity index (χ1) is 18.7. The number of halogens is 3. The van der Waals surface area contributed by atoms with Crippen molar-refractivity contribution in [3.63, 3.8) is 0 Å². The fraction of sp³-hybridized carbons (Fsp3) is 0.655. The molecule has 2 amide bonds. The van der Waals surface area contributed by atoms with Crippen LogP contribution >= 0.6 is 12.2 Å². The summed E-state index contributed by atoms with van der Waals surface area (Å²) in [7, 11) is 0. The zero-order valence-electron chi connectivity index (χ0n) is 24.1. The highest BCUT2D eigenvalue weighted by molar-refractivity contribution is 7.80. The van der Waals surface area contributed by atoms with E-state index >= 15 is 0 Å². The van der Waals surface area contributed by atoms with Gasteiger partial charge in [0.1, 0.15) is 5.54 Å². The highest BCUT2D eigenvalue weighted by Gasteiger charge is 2.49. The number of benzene rings is 1. The van der Waals surface area contributed by atoms with Crippen LogP contribution in [0.25, 0.3) is 0 Å². The van der Waals surface area contributed by atoms with Crippen LogP contribution < -0.4 is 4.90 Å². The van der Waals surface area contributed by atoms with Crippen LogP contribution in [0.5, 0.6) is 0 Å². The molecule has 0 spiro atoms. The molecule has 2 fully saturated rings. The minimum Gasteiger partial charge on any atom is -0.340 e. The maximum Gasteiger partial charge on any atom is 0.417 e. The fourth-order valence-electron chi connectivity index (χ4n) is 5.77. The smallest absolute Gasteiger partial charge is 0.340 e. The first-order valence-corrected chi connectivity index (χ1v) is 14.4. The van der Waals surface area contributed by atoms with Crippen molar-refractivity contribution in [3.8, 4) is 6.07 Å². The van der Waals surface area contributed by atoms with E-state index in [9.17, 15) is 22.8 Å². The lowest BCUT2D eigenvalue weighted by Gasteiger charge is -2.44. The summed E-state index contributed by atoms with van der Waals surface area (Å²) in [5, 5.41) is 9.26. The molecule has 220 valence electrons. The van der Waals surface area contributed by atoms with E-state index in [1.807, 2.05) is 4.90 Å². The number of carbonyl (C=O) groups is 2. The molecule has 0 saturated carbocycles. The van der Waals surface area contributed by atoms with Crippen LogP contribution in [0, 0.1) is 11.3 Å². The molecule has 2 heterocycles. The number of carbonyl (C=O) groups excluding carboxylic acids is 2. The number of piperazine rings is 1. The highest BCUT2D eigenvalue weighted by atomic mass is 32.1. The molecule has 2 saturated heterocycles. The minimum absolute atomic E-state index is 0.0169. The molecule has 7 nitrogen and oxygen atoms in total. The van der Waals surface area contributed by atoms with Crippen LogP contribution in [0.15, 0.2) is 18.2 Å². The molecule has 40 heavy (non-hydrogen) atoms. The predicted octanol–water partition coefficient (Wildman–Crippen LogP) is 5.57. The molecule has 0 radical (unpaired) electrons. The van der Waals surface area contributed by atoms with Gasteiger partial charge < -0.3 is 9.80 Å². The van der Waals surface area contributed by atoms with E-state index in [2.05, 4.69) is 18.7 Å². The topological polar surface area (TPSA) is 70.9 Å². The molecule has 2 aliphatic heterocycles. The zero-order valence-corrected chi connectivity index (χ0v) is 24.9. The second-order valence-corrected chi connectivity index (χ2v) is 11.8. The number of anilines is 1. The molecular weight excluding hydrogens is 539 g/mol. The molecule has 2 atom stereocenters. The first kappa shape index (κ1) is 31.8. The maximum atomic E-state index is 13.5. The van der Waals surface area contributed by atoms with Crippen molar-refractivity contribution in [1.29, 1.82) is 5.26 Å². The van der Waals surface area contributed by atoms with Crippen LogP contribution in [0.2, 0.25) is 0 Å². The van der Waals surface area contributed by atoms with Gasteiger partial charge in [-0.3, -0.25) is 19.4 Å². The quantitative estimate of drug-likeness (QED) is 0.267. The zero-order chi connectivity index (χ0) is 29.8. The van der Waals surface area contributed by atoms with Gasteiger partial charge in [0.25, 0.3) is 5.91 Å². The van der Waals surface area contributed by atoms with Crippen molar-refractivity contribution in [2.24, 2.45) is 0 Å². The largest absolute Gasteiger partial charge is 0.417 e. The number of amides is 2. The molecular formula is C29H40F3N5O2S. The van der Waals surface area contributed by atoms with Gasteiger partial charge in [-0.1, -0.05) is 25.7 Å². The van der Waals surface area contributed by atoms with E-state index in [4.69, 9.17) is 17.5 Å². The summed E-state index contributed by atoms with van der Waals surface area (Å²) in [5.41, 5.74) is -2.54. The van der Waals surface area contributed by atoms with E-state index < -0.39 is 22.8 Å². The number of thiocarbonyl (C=S) groups is 1. The van der Waals surface area contributed by atoms with Crippen LogP contribution in [-0.2, 0) is 15.8 Å². The Bertz CT molecular complexity index is 1140. The van der Waals surface area contributed by atoms with Crippen molar-refractivity contribution in [2.75, 3.05) is 31.1 Å². The lowest BCUT2D eigenvalue weighted by atomic mass is 10.0. The molecule has 0 aliphatic carbocycles. The third-order valence-electron chi connectivity index (χ3n) is 8.11. The Labute approximate surface area is 240 Å². The van der Waals surface area contributed by atoms with Gasteiger partial charge in [0.15, 0.2) is 5.11 Å². The summed E-state index contributed by atoms with van der Waals surface area (Å²) in [6, 6.07) is 5.51. The van der Waals surface area contributed by atoms with E-state index in [0.29, 0.717) is 18.6 Å². The highest BCUT2D eigenvalue weighted by Crippen LogP contribution is 2.38. The van der Waals surface area contributed by atoms with Crippen molar-refractivity contribution in [3.05, 3.63) is 29.3 Å². The summed E-state index contributed by atoms with van der Waals surface area (Å²) >= 11 is 5.56. The van der Waals surface area contributed by atoms with Crippen molar-refractivity contribution < 1.29 is 22.8 Å². The second kappa shape index (κ2) is 12.9. The lowest BCUT2D eigenvalue weighted by Crippen LogP contribution is -2.57. The Morgan fingerprint density at radius 3 is 2.12 bits per heavy atom. The monoisotopic (exact) mass is 579 g/mol. The van der Waals surface area contributed by atoms with Crippen LogP contribution in [0.1, 0.15) is 84.3 Å². The van der Waals surface area contributed by atoms with Crippen molar-refractivity contribution in [2.45, 2.75) is 96.9 Å². The summed E-state index contributed by atoms with van der Waals surface area (Å²) in [4.78, 5) is 32.3. The Morgan fingerprint density at radius 2 is 1.60 bits per heavy atom. The number of nitrogens with zero attached hydrogens (tertiary/aromatic N) is 5. The normalized spacial score (nSPS) is 21.7.